The summed E-state index contributed by atoms with van der Waals surface area (Å²) in [7, 11) is 0. The van der Waals surface area contributed by atoms with Crippen molar-refractivity contribution in [3.05, 3.63) is 297 Å². The summed E-state index contributed by atoms with van der Waals surface area (Å²) in [5.74, 6) is 0. The first kappa shape index (κ1) is 44.7. The van der Waals surface area contributed by atoms with Crippen LogP contribution in [0.25, 0.3) is 121 Å². The van der Waals surface area contributed by atoms with Gasteiger partial charge in [0.25, 0.3) is 0 Å². The Hall–Kier alpha value is -10.0. The SMILES string of the molecule is c1ccc(-c2cccc(-c3ccccc3-c3ccc(N(c4ccc(-c5cccc(-c6ccc7ccccc7c6)c5)cc4)c4ccc(-c5cccc6ccccc56)c5oc6ccccc6c45)cc3)c2-c2ccccc2)cc1. The molecule has 0 saturated heterocycles. The summed E-state index contributed by atoms with van der Waals surface area (Å²) < 4.78 is 6.98. The Morgan fingerprint density at radius 2 is 0.750 bits per heavy atom. The van der Waals surface area contributed by atoms with Crippen molar-refractivity contribution in [1.29, 1.82) is 0 Å². The van der Waals surface area contributed by atoms with Crippen molar-refractivity contribution < 1.29 is 4.42 Å². The summed E-state index contributed by atoms with van der Waals surface area (Å²) in [4.78, 5) is 2.40. The van der Waals surface area contributed by atoms with Gasteiger partial charge in [-0.3, -0.25) is 0 Å². The molecule has 356 valence electrons. The molecule has 0 aliphatic rings. The van der Waals surface area contributed by atoms with Crippen LogP contribution in [-0.2, 0) is 0 Å². The lowest BCUT2D eigenvalue weighted by Gasteiger charge is -2.27. The van der Waals surface area contributed by atoms with Crippen molar-refractivity contribution in [3.8, 4) is 77.9 Å². The lowest BCUT2D eigenvalue weighted by molar-refractivity contribution is 0.670. The quantitative estimate of drug-likeness (QED) is 0.136. The summed E-state index contributed by atoms with van der Waals surface area (Å²) in [6.45, 7) is 0. The first-order valence-corrected chi connectivity index (χ1v) is 26.1. The van der Waals surface area contributed by atoms with Crippen LogP contribution in [0.1, 0.15) is 0 Å². The standard InChI is InChI=1S/C74H49NO/c1-3-19-53(20-4-1)64-32-17-34-67(72(64)55-22-5-2-6-23-55)65-30-12-11-29-63(65)54-40-44-61(45-41-54)75(60-42-38-51(39-43-60)57-26-15-27-58(48-57)59-37-36-50-18-7-8-24-56(50)49-59)70-47-46-68(66-33-16-25-52-21-9-10-28-62(52)66)74-73(70)69-31-13-14-35-71(69)76-74/h1-49H. The van der Waals surface area contributed by atoms with E-state index >= 15 is 0 Å². The van der Waals surface area contributed by atoms with Crippen LogP contribution in [0, 0.1) is 0 Å². The van der Waals surface area contributed by atoms with Crippen molar-refractivity contribution in [2.45, 2.75) is 0 Å². The predicted octanol–water partition coefficient (Wildman–Crippen LogP) is 21.0. The van der Waals surface area contributed by atoms with E-state index in [4.69, 9.17) is 4.42 Å². The van der Waals surface area contributed by atoms with E-state index in [1.807, 2.05) is 0 Å². The minimum Gasteiger partial charge on any atom is -0.455 e. The van der Waals surface area contributed by atoms with Crippen LogP contribution in [-0.4, -0.2) is 0 Å². The molecule has 0 fully saturated rings. The molecule has 0 amide bonds. The van der Waals surface area contributed by atoms with Crippen LogP contribution < -0.4 is 4.90 Å². The zero-order valence-corrected chi connectivity index (χ0v) is 41.6. The molecule has 14 rings (SSSR count). The number of fused-ring (bicyclic) bond motifs is 5. The van der Waals surface area contributed by atoms with Gasteiger partial charge in [0.15, 0.2) is 0 Å². The fourth-order valence-electron chi connectivity index (χ4n) is 11.5. The fourth-order valence-corrected chi connectivity index (χ4v) is 11.5. The van der Waals surface area contributed by atoms with E-state index in [-0.39, 0.29) is 0 Å². The van der Waals surface area contributed by atoms with Gasteiger partial charge in [-0.05, 0) is 148 Å². The Balaban J connectivity index is 0.917. The molecule has 0 N–H and O–H groups in total. The predicted molar refractivity (Wildman–Crippen MR) is 321 cm³/mol. The maximum Gasteiger partial charge on any atom is 0.145 e. The number of rotatable bonds is 10. The second-order valence-corrected chi connectivity index (χ2v) is 19.5. The number of benzene rings is 13. The number of furan rings is 1. The van der Waals surface area contributed by atoms with Crippen molar-refractivity contribution in [1.82, 2.24) is 0 Å². The van der Waals surface area contributed by atoms with E-state index in [9.17, 15) is 0 Å². The van der Waals surface area contributed by atoms with Crippen LogP contribution in [0.2, 0.25) is 0 Å². The summed E-state index contributed by atoms with van der Waals surface area (Å²) in [6.07, 6.45) is 0. The van der Waals surface area contributed by atoms with E-state index in [0.29, 0.717) is 0 Å². The molecule has 0 aliphatic heterocycles. The monoisotopic (exact) mass is 967 g/mol. The Labute approximate surface area is 442 Å². The van der Waals surface area contributed by atoms with Gasteiger partial charge in [-0.15, -0.1) is 0 Å². The van der Waals surface area contributed by atoms with Crippen LogP contribution in [0.3, 0.4) is 0 Å². The van der Waals surface area contributed by atoms with Gasteiger partial charge in [0.05, 0.1) is 11.1 Å². The molecule has 1 aromatic heterocycles. The maximum absolute atomic E-state index is 6.98. The minimum absolute atomic E-state index is 0.853. The smallest absolute Gasteiger partial charge is 0.145 e. The highest BCUT2D eigenvalue weighted by atomic mass is 16.3. The van der Waals surface area contributed by atoms with E-state index in [1.165, 1.54) is 77.2 Å². The van der Waals surface area contributed by atoms with Gasteiger partial charge in [0.1, 0.15) is 11.2 Å². The average Bonchev–Trinajstić information content (AvgIpc) is 3.97. The summed E-state index contributed by atoms with van der Waals surface area (Å²) in [5.41, 5.74) is 21.2. The van der Waals surface area contributed by atoms with Gasteiger partial charge >= 0.3 is 0 Å². The molecule has 0 atom stereocenters. The third-order valence-corrected chi connectivity index (χ3v) is 15.1. The van der Waals surface area contributed by atoms with Crippen molar-refractivity contribution in [2.24, 2.45) is 0 Å². The molecule has 14 aromatic rings. The second-order valence-electron chi connectivity index (χ2n) is 19.5. The average molecular weight is 968 g/mol. The minimum atomic E-state index is 0.853. The number of nitrogens with zero attached hydrogens (tertiary/aromatic N) is 1. The zero-order chi connectivity index (χ0) is 50.4. The topological polar surface area (TPSA) is 16.4 Å². The lowest BCUT2D eigenvalue weighted by atomic mass is 9.85. The van der Waals surface area contributed by atoms with E-state index in [2.05, 4.69) is 302 Å². The Morgan fingerprint density at radius 3 is 1.53 bits per heavy atom. The Bertz CT molecular complexity index is 4430. The molecule has 0 bridgehead atoms. The molecule has 0 unspecified atom stereocenters. The highest BCUT2D eigenvalue weighted by Gasteiger charge is 2.24. The van der Waals surface area contributed by atoms with Gasteiger partial charge in [-0.2, -0.15) is 0 Å². The van der Waals surface area contributed by atoms with Crippen LogP contribution in [0.15, 0.2) is 302 Å². The number of anilines is 3. The van der Waals surface area contributed by atoms with Gasteiger partial charge in [0.2, 0.25) is 0 Å². The molecule has 0 spiro atoms. The molecule has 0 aliphatic carbocycles. The zero-order valence-electron chi connectivity index (χ0n) is 41.6. The number of hydrogen-bond acceptors (Lipinski definition) is 2. The molecule has 13 aromatic carbocycles. The highest BCUT2D eigenvalue weighted by molar-refractivity contribution is 6.18. The van der Waals surface area contributed by atoms with E-state index in [1.54, 1.807) is 0 Å². The van der Waals surface area contributed by atoms with E-state index in [0.717, 1.165) is 61.3 Å². The van der Waals surface area contributed by atoms with Gasteiger partial charge in [0, 0.05) is 22.3 Å². The van der Waals surface area contributed by atoms with Crippen molar-refractivity contribution >= 4 is 60.5 Å². The molecule has 0 radical (unpaired) electrons. The fraction of sp³-hybridized carbons (Fsp3) is 0. The molecule has 0 saturated carbocycles. The van der Waals surface area contributed by atoms with Crippen LogP contribution >= 0.6 is 0 Å². The maximum atomic E-state index is 6.98. The highest BCUT2D eigenvalue weighted by Crippen LogP contribution is 2.49. The van der Waals surface area contributed by atoms with Crippen LogP contribution in [0.4, 0.5) is 17.1 Å². The lowest BCUT2D eigenvalue weighted by Crippen LogP contribution is -2.10. The first-order chi connectivity index (χ1) is 37.7. The summed E-state index contributed by atoms with van der Waals surface area (Å²) in [6, 6.07) is 108. The molecule has 2 heteroatoms. The van der Waals surface area contributed by atoms with Gasteiger partial charge in [-0.25, -0.2) is 0 Å². The molecular weight excluding hydrogens is 919 g/mol. The Morgan fingerprint density at radius 1 is 0.250 bits per heavy atom. The number of para-hydroxylation sites is 1. The first-order valence-electron chi connectivity index (χ1n) is 26.1. The van der Waals surface area contributed by atoms with Crippen LogP contribution in [0.5, 0.6) is 0 Å². The van der Waals surface area contributed by atoms with Gasteiger partial charge in [-0.1, -0.05) is 243 Å². The largest absolute Gasteiger partial charge is 0.455 e. The normalized spacial score (nSPS) is 11.4. The Kier molecular flexibility index (Phi) is 11.2. The third kappa shape index (κ3) is 8.01. The number of hydrogen-bond donors (Lipinski definition) is 0. The summed E-state index contributed by atoms with van der Waals surface area (Å²) >= 11 is 0. The molecular formula is C74H49NO. The van der Waals surface area contributed by atoms with Gasteiger partial charge < -0.3 is 9.32 Å². The van der Waals surface area contributed by atoms with Crippen molar-refractivity contribution in [3.63, 3.8) is 0 Å². The summed E-state index contributed by atoms with van der Waals surface area (Å²) in [5, 5.41) is 7.00. The van der Waals surface area contributed by atoms with Crippen molar-refractivity contribution in [2.75, 3.05) is 4.90 Å². The van der Waals surface area contributed by atoms with E-state index < -0.39 is 0 Å². The molecule has 2 nitrogen and oxygen atoms in total. The third-order valence-electron chi connectivity index (χ3n) is 15.1. The molecule has 76 heavy (non-hydrogen) atoms. The molecule has 1 heterocycles. The second kappa shape index (κ2) is 19.1.